The largest absolute Gasteiger partial charge is 0.342 e. The molecule has 0 aromatic carbocycles. The molecule has 15 heavy (non-hydrogen) atoms. The van der Waals surface area contributed by atoms with Crippen LogP contribution in [-0.2, 0) is 4.79 Å². The second kappa shape index (κ2) is 4.97. The normalized spacial score (nSPS) is 29.5. The molecule has 1 N–H and O–H groups in total. The van der Waals surface area contributed by atoms with Crippen LogP contribution in [0.2, 0.25) is 0 Å². The zero-order valence-corrected chi connectivity index (χ0v) is 9.67. The van der Waals surface area contributed by atoms with Gasteiger partial charge in [0.2, 0.25) is 5.91 Å². The van der Waals surface area contributed by atoms with E-state index >= 15 is 0 Å². The van der Waals surface area contributed by atoms with Gasteiger partial charge >= 0.3 is 0 Å². The van der Waals surface area contributed by atoms with Crippen molar-refractivity contribution in [3.63, 3.8) is 0 Å². The molecule has 0 aromatic rings. The molecule has 0 aromatic heterocycles. The minimum atomic E-state index is 0.381. The molecule has 2 saturated heterocycles. The molecule has 86 valence electrons. The first-order chi connectivity index (χ1) is 7.25. The monoisotopic (exact) mass is 210 g/mol. The lowest BCUT2D eigenvalue weighted by atomic mass is 9.94. The topological polar surface area (TPSA) is 32.3 Å². The molecule has 2 heterocycles. The number of piperidine rings is 2. The van der Waals surface area contributed by atoms with Crippen molar-refractivity contribution in [1.82, 2.24) is 10.2 Å². The molecule has 1 unspecified atom stereocenters. The van der Waals surface area contributed by atoms with Gasteiger partial charge in [0.1, 0.15) is 0 Å². The van der Waals surface area contributed by atoms with Crippen LogP contribution in [0.5, 0.6) is 0 Å². The third-order valence-corrected chi connectivity index (χ3v) is 3.67. The fraction of sp³-hybridized carbons (Fsp3) is 0.917. The zero-order chi connectivity index (χ0) is 10.7. The highest BCUT2D eigenvalue weighted by Crippen LogP contribution is 2.20. The van der Waals surface area contributed by atoms with Gasteiger partial charge in [0.25, 0.3) is 0 Å². The lowest BCUT2D eigenvalue weighted by Crippen LogP contribution is -2.43. The Hall–Kier alpha value is -0.570. The first-order valence-electron chi connectivity index (χ1n) is 6.24. The molecule has 3 heteroatoms. The van der Waals surface area contributed by atoms with E-state index in [0.29, 0.717) is 11.8 Å². The van der Waals surface area contributed by atoms with Crippen LogP contribution in [0.15, 0.2) is 0 Å². The zero-order valence-electron chi connectivity index (χ0n) is 9.67. The lowest BCUT2D eigenvalue weighted by molar-refractivity contribution is -0.135. The van der Waals surface area contributed by atoms with E-state index in [0.717, 1.165) is 44.9 Å². The van der Waals surface area contributed by atoms with Crippen molar-refractivity contribution in [2.75, 3.05) is 26.2 Å². The molecule has 0 bridgehead atoms. The van der Waals surface area contributed by atoms with Gasteiger partial charge in [0.05, 0.1) is 0 Å². The summed E-state index contributed by atoms with van der Waals surface area (Å²) >= 11 is 0. The average Bonchev–Trinajstić information content (AvgIpc) is 2.25. The molecule has 0 saturated carbocycles. The molecular weight excluding hydrogens is 188 g/mol. The fourth-order valence-corrected chi connectivity index (χ4v) is 2.65. The Morgan fingerprint density at radius 2 is 2.07 bits per heavy atom. The number of carbonyl (C=O) groups excluding carboxylic acids is 1. The summed E-state index contributed by atoms with van der Waals surface area (Å²) in [6.45, 7) is 6.50. The number of rotatable bonds is 2. The van der Waals surface area contributed by atoms with Gasteiger partial charge in [0.15, 0.2) is 0 Å². The first-order valence-corrected chi connectivity index (χ1v) is 6.24. The van der Waals surface area contributed by atoms with E-state index in [-0.39, 0.29) is 0 Å². The lowest BCUT2D eigenvalue weighted by Gasteiger charge is -2.35. The highest BCUT2D eigenvalue weighted by Gasteiger charge is 2.25. The van der Waals surface area contributed by atoms with Crippen LogP contribution in [0.4, 0.5) is 0 Å². The number of likely N-dealkylation sites (tertiary alicyclic amines) is 1. The fourth-order valence-electron chi connectivity index (χ4n) is 2.65. The van der Waals surface area contributed by atoms with Crippen LogP contribution < -0.4 is 5.32 Å². The number of carbonyl (C=O) groups is 1. The van der Waals surface area contributed by atoms with Crippen molar-refractivity contribution >= 4 is 5.91 Å². The number of amides is 1. The van der Waals surface area contributed by atoms with Gasteiger partial charge in [-0.25, -0.2) is 0 Å². The van der Waals surface area contributed by atoms with Crippen molar-refractivity contribution in [1.29, 1.82) is 0 Å². The summed E-state index contributed by atoms with van der Waals surface area (Å²) in [5.41, 5.74) is 0. The van der Waals surface area contributed by atoms with Crippen molar-refractivity contribution in [3.05, 3.63) is 0 Å². The SMILES string of the molecule is CC1CCC(=O)N(CC2CCNCC2)C1. The molecule has 3 nitrogen and oxygen atoms in total. The van der Waals surface area contributed by atoms with E-state index in [1.165, 1.54) is 12.8 Å². The van der Waals surface area contributed by atoms with Gasteiger partial charge in [-0.3, -0.25) is 4.79 Å². The molecule has 0 spiro atoms. The highest BCUT2D eigenvalue weighted by molar-refractivity contribution is 5.76. The number of hydrogen-bond donors (Lipinski definition) is 1. The molecule has 1 atom stereocenters. The first kappa shape index (κ1) is 10.9. The van der Waals surface area contributed by atoms with E-state index in [4.69, 9.17) is 0 Å². The second-order valence-corrected chi connectivity index (χ2v) is 5.14. The van der Waals surface area contributed by atoms with Gasteiger partial charge in [-0.1, -0.05) is 6.92 Å². The standard InChI is InChI=1S/C12H22N2O/c1-10-2-3-12(15)14(8-10)9-11-4-6-13-7-5-11/h10-11,13H,2-9H2,1H3. The Labute approximate surface area is 92.2 Å². The van der Waals surface area contributed by atoms with Gasteiger partial charge in [-0.2, -0.15) is 0 Å². The van der Waals surface area contributed by atoms with E-state index in [2.05, 4.69) is 17.1 Å². The summed E-state index contributed by atoms with van der Waals surface area (Å²) in [6.07, 6.45) is 4.32. The maximum absolute atomic E-state index is 11.7. The number of hydrogen-bond acceptors (Lipinski definition) is 2. The van der Waals surface area contributed by atoms with Gasteiger partial charge in [-0.15, -0.1) is 0 Å². The predicted octanol–water partition coefficient (Wildman–Crippen LogP) is 1.24. The Morgan fingerprint density at radius 3 is 2.80 bits per heavy atom. The quantitative estimate of drug-likeness (QED) is 0.744. The van der Waals surface area contributed by atoms with Crippen LogP contribution >= 0.6 is 0 Å². The highest BCUT2D eigenvalue weighted by atomic mass is 16.2. The molecule has 2 fully saturated rings. The average molecular weight is 210 g/mol. The Kier molecular flexibility index (Phi) is 3.62. The Balaban J connectivity index is 1.83. The smallest absolute Gasteiger partial charge is 0.222 e. The summed E-state index contributed by atoms with van der Waals surface area (Å²) in [5.74, 6) is 1.82. The maximum Gasteiger partial charge on any atom is 0.222 e. The third-order valence-electron chi connectivity index (χ3n) is 3.67. The molecule has 2 aliphatic rings. The summed E-state index contributed by atoms with van der Waals surface area (Å²) in [4.78, 5) is 13.8. The molecule has 0 radical (unpaired) electrons. The third kappa shape index (κ3) is 2.94. The second-order valence-electron chi connectivity index (χ2n) is 5.14. The van der Waals surface area contributed by atoms with Crippen molar-refractivity contribution in [2.45, 2.75) is 32.6 Å². The van der Waals surface area contributed by atoms with Crippen molar-refractivity contribution in [3.8, 4) is 0 Å². The summed E-state index contributed by atoms with van der Waals surface area (Å²) in [5, 5.41) is 3.37. The van der Waals surface area contributed by atoms with Crippen LogP contribution in [0.1, 0.15) is 32.6 Å². The van der Waals surface area contributed by atoms with Gasteiger partial charge in [-0.05, 0) is 44.2 Å². The van der Waals surface area contributed by atoms with Crippen LogP contribution in [0.25, 0.3) is 0 Å². The van der Waals surface area contributed by atoms with Crippen LogP contribution in [-0.4, -0.2) is 37.0 Å². The van der Waals surface area contributed by atoms with Crippen molar-refractivity contribution < 1.29 is 4.79 Å². The molecule has 2 rings (SSSR count). The van der Waals surface area contributed by atoms with E-state index < -0.39 is 0 Å². The maximum atomic E-state index is 11.7. The Bertz CT molecular complexity index is 224. The van der Waals surface area contributed by atoms with Gasteiger partial charge in [0, 0.05) is 19.5 Å². The van der Waals surface area contributed by atoms with Gasteiger partial charge < -0.3 is 10.2 Å². The summed E-state index contributed by atoms with van der Waals surface area (Å²) in [6, 6.07) is 0. The number of nitrogens with zero attached hydrogens (tertiary/aromatic N) is 1. The minimum Gasteiger partial charge on any atom is -0.342 e. The Morgan fingerprint density at radius 1 is 1.33 bits per heavy atom. The molecular formula is C12H22N2O. The van der Waals surface area contributed by atoms with E-state index in [1.807, 2.05) is 0 Å². The summed E-state index contributed by atoms with van der Waals surface area (Å²) in [7, 11) is 0. The molecule has 0 aliphatic carbocycles. The van der Waals surface area contributed by atoms with Crippen LogP contribution in [0, 0.1) is 11.8 Å². The van der Waals surface area contributed by atoms with E-state index in [9.17, 15) is 4.79 Å². The van der Waals surface area contributed by atoms with Crippen molar-refractivity contribution in [2.24, 2.45) is 11.8 Å². The summed E-state index contributed by atoms with van der Waals surface area (Å²) < 4.78 is 0. The number of nitrogens with one attached hydrogen (secondary N) is 1. The molecule has 1 amide bonds. The minimum absolute atomic E-state index is 0.381. The van der Waals surface area contributed by atoms with Crippen LogP contribution in [0.3, 0.4) is 0 Å². The van der Waals surface area contributed by atoms with E-state index in [1.54, 1.807) is 0 Å². The predicted molar refractivity (Wildman–Crippen MR) is 60.6 cm³/mol. The molecule has 2 aliphatic heterocycles.